The van der Waals surface area contributed by atoms with Gasteiger partial charge in [-0.1, -0.05) is 0 Å². The van der Waals surface area contributed by atoms with E-state index in [0.717, 1.165) is 0 Å². The zero-order valence-corrected chi connectivity index (χ0v) is 9.80. The number of nitrogens with zero attached hydrogens (tertiary/aromatic N) is 2. The summed E-state index contributed by atoms with van der Waals surface area (Å²) in [5.74, 6) is 0.999. The lowest BCUT2D eigenvalue weighted by atomic mass is 10.2. The van der Waals surface area contributed by atoms with Crippen molar-refractivity contribution in [3.8, 4) is 18.4 Å². The summed E-state index contributed by atoms with van der Waals surface area (Å²) in [7, 11) is 1.49. The fraction of sp³-hybridized carbons (Fsp3) is 0.545. The number of carbonyl (C=O) groups is 2. The lowest BCUT2D eigenvalue weighted by Crippen LogP contribution is -2.49. The molecule has 2 amide bonds. The van der Waals surface area contributed by atoms with Gasteiger partial charge in [-0.25, -0.2) is 9.59 Å². The highest BCUT2D eigenvalue weighted by molar-refractivity contribution is 5.82. The highest BCUT2D eigenvalue weighted by atomic mass is 16.4. The van der Waals surface area contributed by atoms with Crippen LogP contribution in [0, 0.1) is 23.7 Å². The smallest absolute Gasteiger partial charge is 0.327 e. The largest absolute Gasteiger partial charge is 0.480 e. The van der Waals surface area contributed by atoms with Crippen molar-refractivity contribution in [1.29, 1.82) is 5.26 Å². The van der Waals surface area contributed by atoms with E-state index in [2.05, 4.69) is 11.2 Å². The highest BCUT2D eigenvalue weighted by Gasteiger charge is 2.22. The number of carboxylic acids is 1. The molecule has 6 heteroatoms. The molecule has 0 aromatic heterocycles. The number of aliphatic carboxylic acids is 1. The highest BCUT2D eigenvalue weighted by Crippen LogP contribution is 2.01. The number of terminal acetylenes is 1. The topological polar surface area (TPSA) is 93.4 Å². The van der Waals surface area contributed by atoms with Crippen LogP contribution in [-0.4, -0.2) is 41.1 Å². The third-order valence-electron chi connectivity index (χ3n) is 2.29. The number of carboxylic acid groups (broad SMARTS) is 1. The molecule has 0 saturated carbocycles. The van der Waals surface area contributed by atoms with E-state index < -0.39 is 18.0 Å². The number of amides is 2. The van der Waals surface area contributed by atoms with Gasteiger partial charge in [0, 0.05) is 19.5 Å². The zero-order chi connectivity index (χ0) is 13.4. The molecule has 0 aromatic rings. The molecule has 0 fully saturated rings. The Morgan fingerprint density at radius 2 is 2.12 bits per heavy atom. The number of rotatable bonds is 5. The molecule has 17 heavy (non-hydrogen) atoms. The molecule has 0 spiro atoms. The van der Waals surface area contributed by atoms with Crippen molar-refractivity contribution in [3.05, 3.63) is 0 Å². The maximum absolute atomic E-state index is 11.6. The standard InChI is InChI=1S/C11H15N3O3/c1-4-5-9(10(15)16)13-11(17)14(3)8(2)6-7-12/h1,8-9H,5-6H2,2-3H3,(H,13,17)(H,15,16). The fourth-order valence-corrected chi connectivity index (χ4v) is 1.04. The van der Waals surface area contributed by atoms with Crippen LogP contribution in [0.3, 0.4) is 0 Å². The first-order chi connectivity index (χ1) is 7.93. The van der Waals surface area contributed by atoms with Gasteiger partial charge in [0.2, 0.25) is 0 Å². The van der Waals surface area contributed by atoms with Gasteiger partial charge in [-0.05, 0) is 6.92 Å². The molecule has 0 aliphatic heterocycles. The number of hydrogen-bond acceptors (Lipinski definition) is 3. The van der Waals surface area contributed by atoms with Gasteiger partial charge in [0.25, 0.3) is 0 Å². The van der Waals surface area contributed by atoms with Gasteiger partial charge in [0.15, 0.2) is 0 Å². The molecule has 0 rings (SSSR count). The second-order valence-corrected chi connectivity index (χ2v) is 3.57. The molecule has 6 nitrogen and oxygen atoms in total. The second-order valence-electron chi connectivity index (χ2n) is 3.57. The van der Waals surface area contributed by atoms with Crippen molar-refractivity contribution >= 4 is 12.0 Å². The number of nitrogens with one attached hydrogen (secondary N) is 1. The number of hydrogen-bond donors (Lipinski definition) is 2. The van der Waals surface area contributed by atoms with Crippen LogP contribution in [-0.2, 0) is 4.79 Å². The predicted octanol–water partition coefficient (Wildman–Crippen LogP) is 0.406. The molecule has 0 saturated heterocycles. The summed E-state index contributed by atoms with van der Waals surface area (Å²) in [6.45, 7) is 1.69. The van der Waals surface area contributed by atoms with Crippen molar-refractivity contribution < 1.29 is 14.7 Å². The molecular weight excluding hydrogens is 222 g/mol. The normalized spacial score (nSPS) is 12.7. The Hall–Kier alpha value is -2.21. The SMILES string of the molecule is C#CCC(NC(=O)N(C)C(C)CC#N)C(=O)O. The Morgan fingerprint density at radius 1 is 1.53 bits per heavy atom. The summed E-state index contributed by atoms with van der Waals surface area (Å²) < 4.78 is 0. The van der Waals surface area contributed by atoms with E-state index in [9.17, 15) is 9.59 Å². The van der Waals surface area contributed by atoms with E-state index >= 15 is 0 Å². The van der Waals surface area contributed by atoms with Gasteiger partial charge in [0.1, 0.15) is 6.04 Å². The van der Waals surface area contributed by atoms with Crippen molar-refractivity contribution in [3.63, 3.8) is 0 Å². The summed E-state index contributed by atoms with van der Waals surface area (Å²) in [6, 6.07) is -0.0243. The molecule has 0 heterocycles. The van der Waals surface area contributed by atoms with Crippen molar-refractivity contribution in [2.75, 3.05) is 7.05 Å². The summed E-state index contributed by atoms with van der Waals surface area (Å²) in [6.07, 6.45) is 5.10. The van der Waals surface area contributed by atoms with E-state index in [-0.39, 0.29) is 18.9 Å². The Balaban J connectivity index is 4.47. The molecule has 92 valence electrons. The molecule has 2 N–H and O–H groups in total. The van der Waals surface area contributed by atoms with Crippen molar-refractivity contribution in [2.45, 2.75) is 31.8 Å². The first-order valence-electron chi connectivity index (χ1n) is 5.00. The Morgan fingerprint density at radius 3 is 2.53 bits per heavy atom. The van der Waals surface area contributed by atoms with Crippen LogP contribution >= 0.6 is 0 Å². The lowest BCUT2D eigenvalue weighted by Gasteiger charge is -2.24. The van der Waals surface area contributed by atoms with Gasteiger partial charge in [-0.3, -0.25) is 0 Å². The minimum atomic E-state index is -1.18. The minimum absolute atomic E-state index is 0.0818. The Labute approximate surface area is 100 Å². The molecule has 0 bridgehead atoms. The monoisotopic (exact) mass is 237 g/mol. The van der Waals surface area contributed by atoms with Crippen molar-refractivity contribution in [2.24, 2.45) is 0 Å². The first-order valence-corrected chi connectivity index (χ1v) is 5.00. The van der Waals surface area contributed by atoms with E-state index in [1.54, 1.807) is 6.92 Å². The van der Waals surface area contributed by atoms with Gasteiger partial charge >= 0.3 is 12.0 Å². The third kappa shape index (κ3) is 4.89. The zero-order valence-electron chi connectivity index (χ0n) is 9.80. The first kappa shape index (κ1) is 14.8. The summed E-state index contributed by atoms with van der Waals surface area (Å²) >= 11 is 0. The second kappa shape index (κ2) is 7.13. The number of urea groups is 1. The number of nitriles is 1. The van der Waals surface area contributed by atoms with Crippen LogP contribution in [0.1, 0.15) is 19.8 Å². The maximum Gasteiger partial charge on any atom is 0.327 e. The molecule has 2 atom stereocenters. The molecule has 2 unspecified atom stereocenters. The van der Waals surface area contributed by atoms with E-state index in [0.29, 0.717) is 0 Å². The van der Waals surface area contributed by atoms with Crippen LogP contribution < -0.4 is 5.32 Å². The molecule has 0 aliphatic carbocycles. The summed E-state index contributed by atoms with van der Waals surface area (Å²) in [4.78, 5) is 23.7. The minimum Gasteiger partial charge on any atom is -0.480 e. The van der Waals surface area contributed by atoms with E-state index in [4.69, 9.17) is 16.8 Å². The Bertz CT molecular complexity index is 367. The van der Waals surface area contributed by atoms with E-state index in [1.165, 1.54) is 11.9 Å². The van der Waals surface area contributed by atoms with Crippen LogP contribution in [0.2, 0.25) is 0 Å². The summed E-state index contributed by atoms with van der Waals surface area (Å²) in [5, 5.41) is 19.6. The van der Waals surface area contributed by atoms with Crippen LogP contribution in [0.25, 0.3) is 0 Å². The molecule has 0 aliphatic rings. The molecule has 0 aromatic carbocycles. The van der Waals surface area contributed by atoms with Crippen LogP contribution in [0.4, 0.5) is 4.79 Å². The van der Waals surface area contributed by atoms with Crippen LogP contribution in [0.5, 0.6) is 0 Å². The van der Waals surface area contributed by atoms with Gasteiger partial charge in [-0.2, -0.15) is 5.26 Å². The molecule has 0 radical (unpaired) electrons. The van der Waals surface area contributed by atoms with Gasteiger partial charge in [0.05, 0.1) is 12.5 Å². The van der Waals surface area contributed by atoms with Crippen LogP contribution in [0.15, 0.2) is 0 Å². The maximum atomic E-state index is 11.6. The van der Waals surface area contributed by atoms with E-state index in [1.807, 2.05) is 6.07 Å². The molecular formula is C11H15N3O3. The fourth-order valence-electron chi connectivity index (χ4n) is 1.04. The third-order valence-corrected chi connectivity index (χ3v) is 2.29. The predicted molar refractivity (Wildman–Crippen MR) is 60.9 cm³/mol. The quantitative estimate of drug-likeness (QED) is 0.677. The average molecular weight is 237 g/mol. The van der Waals surface area contributed by atoms with Crippen molar-refractivity contribution in [1.82, 2.24) is 10.2 Å². The summed E-state index contributed by atoms with van der Waals surface area (Å²) in [5.41, 5.74) is 0. The Kier molecular flexibility index (Phi) is 6.20. The van der Waals surface area contributed by atoms with Gasteiger partial charge in [-0.15, -0.1) is 12.3 Å². The average Bonchev–Trinajstić information content (AvgIpc) is 2.27. The lowest BCUT2D eigenvalue weighted by molar-refractivity contribution is -0.139. The van der Waals surface area contributed by atoms with Gasteiger partial charge < -0.3 is 15.3 Å². The number of carbonyl (C=O) groups excluding carboxylic acids is 1.